The first-order valence-corrected chi connectivity index (χ1v) is 15.5. The van der Waals surface area contributed by atoms with Crippen LogP contribution in [-0.4, -0.2) is 81.6 Å². The van der Waals surface area contributed by atoms with Gasteiger partial charge in [0.25, 0.3) is 0 Å². The summed E-state index contributed by atoms with van der Waals surface area (Å²) < 4.78 is 13.7. The molecule has 2 aliphatic rings. The van der Waals surface area contributed by atoms with Crippen LogP contribution in [0, 0.1) is 12.8 Å². The number of pyridine rings is 1. The second kappa shape index (κ2) is 13.6. The van der Waals surface area contributed by atoms with Gasteiger partial charge < -0.3 is 30.1 Å². The Hall–Kier alpha value is -4.61. The van der Waals surface area contributed by atoms with Crippen LogP contribution in [0.15, 0.2) is 42.7 Å². The van der Waals surface area contributed by atoms with Gasteiger partial charge in [-0.1, -0.05) is 19.1 Å². The summed E-state index contributed by atoms with van der Waals surface area (Å²) in [5.74, 6) is -0.674. The number of amides is 3. The minimum Gasteiger partial charge on any atom is -0.496 e. The fourth-order valence-electron chi connectivity index (χ4n) is 5.77. The van der Waals surface area contributed by atoms with E-state index in [2.05, 4.69) is 22.7 Å². The number of urea groups is 1. The number of benzene rings is 1. The number of nitrogens with zero attached hydrogens (tertiary/aromatic N) is 4. The lowest BCUT2D eigenvalue weighted by molar-refractivity contribution is -0.143. The standard InChI is InChI=1S/C33H42N6O6/c1-5-14-39-20-22(19-34-39)26-17-28(24-11-12-27(44-4)21(2)29(24)35-26)45-16-13-25-30(40)37-33(31(41)42)18-23(33)10-8-6-7-9-15-38(3)32(43)36-25/h8,10-12,17,19-20,23,25H,5-7,9,13-16,18H2,1-4H3,(H,36,43)(H,37,40)(H,41,42). The number of allylic oxidation sites excluding steroid dienone is 1. The molecule has 3 heterocycles. The summed E-state index contributed by atoms with van der Waals surface area (Å²) in [6.45, 7) is 5.42. The van der Waals surface area contributed by atoms with Crippen LogP contribution in [0.5, 0.6) is 11.5 Å². The third-order valence-corrected chi connectivity index (χ3v) is 8.60. The summed E-state index contributed by atoms with van der Waals surface area (Å²) in [7, 11) is 3.30. The van der Waals surface area contributed by atoms with Crippen molar-refractivity contribution in [2.24, 2.45) is 5.92 Å². The highest BCUT2D eigenvalue weighted by Crippen LogP contribution is 2.45. The molecular weight excluding hydrogens is 576 g/mol. The molecule has 2 aromatic heterocycles. The average Bonchev–Trinajstić information content (AvgIpc) is 3.52. The monoisotopic (exact) mass is 618 g/mol. The van der Waals surface area contributed by atoms with E-state index in [1.165, 1.54) is 0 Å². The molecule has 3 unspecified atom stereocenters. The zero-order valence-electron chi connectivity index (χ0n) is 26.3. The highest BCUT2D eigenvalue weighted by Gasteiger charge is 2.60. The van der Waals surface area contributed by atoms with Gasteiger partial charge in [0.2, 0.25) is 5.91 Å². The average molecular weight is 619 g/mol. The molecule has 0 spiro atoms. The molecule has 5 rings (SSSR count). The number of carboxylic acid groups (broad SMARTS) is 1. The number of aromatic nitrogens is 3. The van der Waals surface area contributed by atoms with E-state index >= 15 is 0 Å². The summed E-state index contributed by atoms with van der Waals surface area (Å²) in [4.78, 5) is 45.3. The van der Waals surface area contributed by atoms with Gasteiger partial charge in [-0.25, -0.2) is 14.6 Å². The molecule has 3 N–H and O–H groups in total. The predicted molar refractivity (Wildman–Crippen MR) is 169 cm³/mol. The largest absolute Gasteiger partial charge is 0.496 e. The minimum absolute atomic E-state index is 0.0736. The number of hydrogen-bond donors (Lipinski definition) is 3. The van der Waals surface area contributed by atoms with Crippen molar-refractivity contribution in [1.82, 2.24) is 30.3 Å². The Labute approximate surface area is 262 Å². The molecule has 0 saturated heterocycles. The Morgan fingerprint density at radius 3 is 2.80 bits per heavy atom. The molecule has 1 aromatic carbocycles. The van der Waals surface area contributed by atoms with Gasteiger partial charge in [0.15, 0.2) is 0 Å². The zero-order valence-corrected chi connectivity index (χ0v) is 26.3. The van der Waals surface area contributed by atoms with Gasteiger partial charge in [-0.3, -0.25) is 9.48 Å². The van der Waals surface area contributed by atoms with Crippen molar-refractivity contribution in [3.8, 4) is 22.8 Å². The third-order valence-electron chi connectivity index (χ3n) is 8.60. The van der Waals surface area contributed by atoms with Crippen LogP contribution in [0.4, 0.5) is 4.79 Å². The summed E-state index contributed by atoms with van der Waals surface area (Å²) in [5, 5.41) is 20.8. The first kappa shape index (κ1) is 31.8. The molecule has 12 nitrogen and oxygen atoms in total. The van der Waals surface area contributed by atoms with Crippen LogP contribution in [0.2, 0.25) is 0 Å². The van der Waals surface area contributed by atoms with Crippen LogP contribution in [-0.2, 0) is 16.1 Å². The van der Waals surface area contributed by atoms with E-state index in [-0.39, 0.29) is 18.9 Å². The van der Waals surface area contributed by atoms with Gasteiger partial charge in [0.05, 0.1) is 31.1 Å². The van der Waals surface area contributed by atoms with Gasteiger partial charge in [-0.15, -0.1) is 0 Å². The third kappa shape index (κ3) is 6.89. The fraction of sp³-hybridized carbons (Fsp3) is 0.485. The van der Waals surface area contributed by atoms with E-state index in [4.69, 9.17) is 14.5 Å². The van der Waals surface area contributed by atoms with Gasteiger partial charge in [0.1, 0.15) is 23.1 Å². The van der Waals surface area contributed by atoms with Crippen LogP contribution < -0.4 is 20.1 Å². The number of rotatable bonds is 9. The molecule has 0 radical (unpaired) electrons. The maximum Gasteiger partial charge on any atom is 0.330 e. The molecule has 1 aliphatic carbocycles. The lowest BCUT2D eigenvalue weighted by atomic mass is 10.1. The fourth-order valence-corrected chi connectivity index (χ4v) is 5.77. The van der Waals surface area contributed by atoms with Gasteiger partial charge in [-0.05, 0) is 51.2 Å². The summed E-state index contributed by atoms with van der Waals surface area (Å²) in [6.07, 6.45) is 11.4. The number of carboxylic acids is 1. The second-order valence-electron chi connectivity index (χ2n) is 11.8. The van der Waals surface area contributed by atoms with Gasteiger partial charge >= 0.3 is 12.0 Å². The topological polar surface area (TPSA) is 148 Å². The molecule has 1 fully saturated rings. The second-order valence-corrected chi connectivity index (χ2v) is 11.8. The minimum atomic E-state index is -1.37. The van der Waals surface area contributed by atoms with Crippen molar-refractivity contribution >= 4 is 28.8 Å². The maximum atomic E-state index is 13.5. The van der Waals surface area contributed by atoms with E-state index < -0.39 is 29.5 Å². The highest BCUT2D eigenvalue weighted by molar-refractivity contribution is 5.94. The Morgan fingerprint density at radius 2 is 2.04 bits per heavy atom. The van der Waals surface area contributed by atoms with E-state index in [1.807, 2.05) is 48.2 Å². The quantitative estimate of drug-likeness (QED) is 0.301. The first-order valence-electron chi connectivity index (χ1n) is 15.5. The number of ether oxygens (including phenoxy) is 2. The molecule has 45 heavy (non-hydrogen) atoms. The lowest BCUT2D eigenvalue weighted by Gasteiger charge is -2.25. The van der Waals surface area contributed by atoms with E-state index in [0.29, 0.717) is 35.7 Å². The number of aliphatic carboxylic acids is 1. The first-order chi connectivity index (χ1) is 21.7. The zero-order chi connectivity index (χ0) is 32.1. The van der Waals surface area contributed by atoms with E-state index in [9.17, 15) is 19.5 Å². The molecule has 1 saturated carbocycles. The molecule has 1 aliphatic heterocycles. The smallest absolute Gasteiger partial charge is 0.330 e. The Balaban J connectivity index is 1.41. The summed E-state index contributed by atoms with van der Waals surface area (Å²) in [5.41, 5.74) is 1.72. The Bertz CT molecular complexity index is 1600. The van der Waals surface area contributed by atoms with Crippen molar-refractivity contribution in [3.63, 3.8) is 0 Å². The number of carbonyl (C=O) groups is 3. The molecule has 3 amide bonds. The van der Waals surface area contributed by atoms with Crippen molar-refractivity contribution < 1.29 is 29.0 Å². The van der Waals surface area contributed by atoms with Crippen LogP contribution in [0.1, 0.15) is 51.0 Å². The molecule has 0 bridgehead atoms. The Kier molecular flexibility index (Phi) is 9.60. The SMILES string of the molecule is CCCn1cc(-c2cc(OCCC3NC(=O)N(C)CCCCC=CC4CC4(C(=O)O)NC3=O)c3ccc(OC)c(C)c3n2)cn1. The number of hydrogen-bond acceptors (Lipinski definition) is 7. The number of carbonyl (C=O) groups excluding carboxylic acids is 2. The lowest BCUT2D eigenvalue weighted by Crippen LogP contribution is -2.55. The van der Waals surface area contributed by atoms with Crippen molar-refractivity contribution in [1.29, 1.82) is 0 Å². The predicted octanol–water partition coefficient (Wildman–Crippen LogP) is 4.30. The molecular formula is C33H42N6O6. The number of fused-ring (bicyclic) bond motifs is 2. The summed E-state index contributed by atoms with van der Waals surface area (Å²) in [6, 6.07) is 4.19. The van der Waals surface area contributed by atoms with Crippen LogP contribution >= 0.6 is 0 Å². The molecule has 240 valence electrons. The highest BCUT2D eigenvalue weighted by atomic mass is 16.5. The van der Waals surface area contributed by atoms with Crippen LogP contribution in [0.3, 0.4) is 0 Å². The maximum absolute atomic E-state index is 13.5. The normalized spacial score (nSPS) is 22.3. The van der Waals surface area contributed by atoms with E-state index in [1.54, 1.807) is 25.3 Å². The van der Waals surface area contributed by atoms with Crippen molar-refractivity contribution in [2.45, 2.75) is 70.5 Å². The molecule has 3 aromatic rings. The van der Waals surface area contributed by atoms with Crippen molar-refractivity contribution in [2.75, 3.05) is 27.3 Å². The van der Waals surface area contributed by atoms with Crippen LogP contribution in [0.25, 0.3) is 22.2 Å². The Morgan fingerprint density at radius 1 is 1.22 bits per heavy atom. The van der Waals surface area contributed by atoms with Crippen molar-refractivity contribution in [3.05, 3.63) is 48.3 Å². The van der Waals surface area contributed by atoms with E-state index in [0.717, 1.165) is 48.7 Å². The van der Waals surface area contributed by atoms with Gasteiger partial charge in [0, 0.05) is 61.3 Å². The number of methoxy groups -OCH3 is 1. The number of nitrogens with one attached hydrogen (secondary N) is 2. The number of aryl methyl sites for hydroxylation is 2. The van der Waals surface area contributed by atoms with Gasteiger partial charge in [-0.2, -0.15) is 5.10 Å². The summed E-state index contributed by atoms with van der Waals surface area (Å²) >= 11 is 0. The molecule has 3 atom stereocenters. The molecule has 12 heteroatoms.